The van der Waals surface area contributed by atoms with Crippen LogP contribution in [0.25, 0.3) is 0 Å². The van der Waals surface area contributed by atoms with Gasteiger partial charge in [0.1, 0.15) is 24.0 Å². The lowest BCUT2D eigenvalue weighted by atomic mass is 9.99. The standard InChI is InChI=1S/C30H50N2O11S/c1-8-9-10-11-12-24(34)32-23(29(39)42-7)14-13-22(33)15-20(27(37)31-17-26(36)40-5)18-44-19-21(28(38)41-6)16-25(35)43-30(2,3)4/h20-21,23H,8-19H2,1-7H3,(H,31,37)(H,32,34)/t20-,21+,23-/m1/s1. The highest BCUT2D eigenvalue weighted by atomic mass is 32.2. The number of Topliss-reactive ketones (excluding diaryl/α,β-unsaturated/α-hetero) is 1. The molecule has 3 atom stereocenters. The van der Waals surface area contributed by atoms with Gasteiger partial charge < -0.3 is 29.6 Å². The Morgan fingerprint density at radius 3 is 1.95 bits per heavy atom. The summed E-state index contributed by atoms with van der Waals surface area (Å²) in [5.41, 5.74) is -0.738. The van der Waals surface area contributed by atoms with Gasteiger partial charge in [0.25, 0.3) is 0 Å². The molecule has 13 nitrogen and oxygen atoms in total. The van der Waals surface area contributed by atoms with Gasteiger partial charge in [0, 0.05) is 30.8 Å². The van der Waals surface area contributed by atoms with Crippen molar-refractivity contribution in [2.45, 2.75) is 97.1 Å². The molecule has 0 saturated carbocycles. The largest absolute Gasteiger partial charge is 0.469 e. The number of hydrogen-bond acceptors (Lipinski definition) is 12. The van der Waals surface area contributed by atoms with Crippen molar-refractivity contribution in [2.24, 2.45) is 11.8 Å². The molecule has 0 radical (unpaired) electrons. The minimum atomic E-state index is -1.02. The molecule has 2 N–H and O–H groups in total. The maximum Gasteiger partial charge on any atom is 0.328 e. The molecule has 0 rings (SSSR count). The molecule has 0 bridgehead atoms. The number of methoxy groups -OCH3 is 3. The molecule has 0 saturated heterocycles. The number of amides is 2. The summed E-state index contributed by atoms with van der Waals surface area (Å²) in [6.07, 6.45) is 3.25. The maximum atomic E-state index is 12.9. The fourth-order valence-electron chi connectivity index (χ4n) is 3.97. The Bertz CT molecular complexity index is 965. The highest BCUT2D eigenvalue weighted by molar-refractivity contribution is 7.99. The molecule has 0 aromatic rings. The number of carbonyl (C=O) groups is 7. The smallest absolute Gasteiger partial charge is 0.328 e. The highest BCUT2D eigenvalue weighted by Crippen LogP contribution is 2.22. The minimum absolute atomic E-state index is 0.0177. The third-order valence-corrected chi connectivity index (χ3v) is 7.55. The predicted molar refractivity (Wildman–Crippen MR) is 163 cm³/mol. The number of unbranched alkanes of at least 4 members (excludes halogenated alkanes) is 3. The van der Waals surface area contributed by atoms with Gasteiger partial charge in [-0.25, -0.2) is 4.79 Å². The summed E-state index contributed by atoms with van der Waals surface area (Å²) in [7, 11) is 3.56. The highest BCUT2D eigenvalue weighted by Gasteiger charge is 2.29. The number of thioether (sulfide) groups is 1. The third kappa shape index (κ3) is 19.2. The number of ether oxygens (including phenoxy) is 4. The molecule has 0 aromatic carbocycles. The summed E-state index contributed by atoms with van der Waals surface area (Å²) in [5, 5.41) is 5.07. The fraction of sp³-hybridized carbons (Fsp3) is 0.767. The van der Waals surface area contributed by atoms with Gasteiger partial charge in [0.15, 0.2) is 0 Å². The molecule has 0 unspecified atom stereocenters. The van der Waals surface area contributed by atoms with E-state index in [4.69, 9.17) is 14.2 Å². The molecule has 0 fully saturated rings. The van der Waals surface area contributed by atoms with E-state index < -0.39 is 59.8 Å². The first-order chi connectivity index (χ1) is 20.7. The van der Waals surface area contributed by atoms with E-state index in [0.717, 1.165) is 19.3 Å². The quantitative estimate of drug-likeness (QED) is 0.0998. The van der Waals surface area contributed by atoms with Gasteiger partial charge in [-0.15, -0.1) is 0 Å². The van der Waals surface area contributed by atoms with Crippen molar-refractivity contribution in [3.8, 4) is 0 Å². The second kappa shape index (κ2) is 22.4. The fourth-order valence-corrected chi connectivity index (χ4v) is 5.20. The van der Waals surface area contributed by atoms with Gasteiger partial charge in [0.2, 0.25) is 11.8 Å². The molecule has 0 heterocycles. The van der Waals surface area contributed by atoms with E-state index in [9.17, 15) is 33.6 Å². The monoisotopic (exact) mass is 646 g/mol. The zero-order chi connectivity index (χ0) is 33.7. The first-order valence-electron chi connectivity index (χ1n) is 14.8. The van der Waals surface area contributed by atoms with Crippen molar-refractivity contribution in [1.82, 2.24) is 10.6 Å². The molecule has 14 heteroatoms. The number of hydrogen-bond donors (Lipinski definition) is 2. The van der Waals surface area contributed by atoms with Crippen molar-refractivity contribution in [3.63, 3.8) is 0 Å². The average molecular weight is 647 g/mol. The maximum absolute atomic E-state index is 12.9. The van der Waals surface area contributed by atoms with Crippen molar-refractivity contribution < 1.29 is 52.5 Å². The van der Waals surface area contributed by atoms with Crippen LogP contribution in [0, 0.1) is 11.8 Å². The van der Waals surface area contributed by atoms with E-state index in [-0.39, 0.29) is 55.3 Å². The van der Waals surface area contributed by atoms with Crippen LogP contribution in [0.2, 0.25) is 0 Å². The van der Waals surface area contributed by atoms with Gasteiger partial charge in [-0.2, -0.15) is 11.8 Å². The van der Waals surface area contributed by atoms with E-state index in [1.54, 1.807) is 20.8 Å². The second-order valence-electron chi connectivity index (χ2n) is 11.3. The summed E-state index contributed by atoms with van der Waals surface area (Å²) >= 11 is 1.17. The summed E-state index contributed by atoms with van der Waals surface area (Å²) in [6.45, 7) is 6.77. The van der Waals surface area contributed by atoms with Gasteiger partial charge >= 0.3 is 23.9 Å². The van der Waals surface area contributed by atoms with Crippen LogP contribution < -0.4 is 10.6 Å². The lowest BCUT2D eigenvalue weighted by molar-refractivity contribution is -0.160. The van der Waals surface area contributed by atoms with Crippen LogP contribution in [-0.4, -0.2) is 92.5 Å². The summed E-state index contributed by atoms with van der Waals surface area (Å²) in [5.74, 6) is -5.36. The number of rotatable bonds is 22. The van der Waals surface area contributed by atoms with Crippen LogP contribution in [0.1, 0.15) is 85.5 Å². The Balaban J connectivity index is 5.38. The van der Waals surface area contributed by atoms with Gasteiger partial charge in [-0.05, 0) is 33.6 Å². The van der Waals surface area contributed by atoms with Crippen LogP contribution in [0.5, 0.6) is 0 Å². The van der Waals surface area contributed by atoms with Crippen molar-refractivity contribution in [1.29, 1.82) is 0 Å². The van der Waals surface area contributed by atoms with E-state index in [1.807, 2.05) is 0 Å². The molecule has 0 aromatic heterocycles. The first kappa shape index (κ1) is 40.8. The summed E-state index contributed by atoms with van der Waals surface area (Å²) in [4.78, 5) is 86.6. The number of nitrogens with one attached hydrogen (secondary N) is 2. The predicted octanol–water partition coefficient (Wildman–Crippen LogP) is 2.51. The third-order valence-electron chi connectivity index (χ3n) is 6.28. The van der Waals surface area contributed by atoms with Crippen LogP contribution in [0.3, 0.4) is 0 Å². The number of carbonyl (C=O) groups excluding carboxylic acids is 7. The zero-order valence-corrected chi connectivity index (χ0v) is 27.9. The van der Waals surface area contributed by atoms with Crippen molar-refractivity contribution in [2.75, 3.05) is 39.4 Å². The molecular formula is C30H50N2O11S. The van der Waals surface area contributed by atoms with E-state index >= 15 is 0 Å². The Kier molecular flexibility index (Phi) is 20.8. The van der Waals surface area contributed by atoms with Gasteiger partial charge in [0.05, 0.1) is 39.6 Å². The van der Waals surface area contributed by atoms with Crippen LogP contribution in [0.4, 0.5) is 0 Å². The topological polar surface area (TPSA) is 180 Å². The summed E-state index contributed by atoms with van der Waals surface area (Å²) < 4.78 is 19.5. The molecule has 252 valence electrons. The first-order valence-corrected chi connectivity index (χ1v) is 15.9. The van der Waals surface area contributed by atoms with Crippen LogP contribution >= 0.6 is 11.8 Å². The van der Waals surface area contributed by atoms with Crippen molar-refractivity contribution >= 4 is 53.2 Å². The normalized spacial score (nSPS) is 13.1. The molecule has 0 spiro atoms. The van der Waals surface area contributed by atoms with E-state index in [0.29, 0.717) is 6.42 Å². The Morgan fingerprint density at radius 2 is 1.39 bits per heavy atom. The molecule has 2 amide bonds. The Morgan fingerprint density at radius 1 is 0.750 bits per heavy atom. The molecular weight excluding hydrogens is 596 g/mol. The lowest BCUT2D eigenvalue weighted by Gasteiger charge is -2.22. The minimum Gasteiger partial charge on any atom is -0.469 e. The summed E-state index contributed by atoms with van der Waals surface area (Å²) in [6, 6.07) is -1.02. The van der Waals surface area contributed by atoms with Gasteiger partial charge in [-0.1, -0.05) is 26.2 Å². The lowest BCUT2D eigenvalue weighted by Crippen LogP contribution is -2.42. The Labute approximate surface area is 264 Å². The zero-order valence-electron chi connectivity index (χ0n) is 27.1. The second-order valence-corrected chi connectivity index (χ2v) is 12.3. The SMILES string of the molecule is CCCCCCC(=O)N[C@H](CCC(=O)C[C@H](CSC[C@H](CC(=O)OC(C)(C)C)C(=O)OC)C(=O)NCC(=O)OC)C(=O)OC. The van der Waals surface area contributed by atoms with Gasteiger partial charge in [-0.3, -0.25) is 28.8 Å². The van der Waals surface area contributed by atoms with E-state index in [2.05, 4.69) is 22.3 Å². The van der Waals surface area contributed by atoms with Crippen molar-refractivity contribution in [3.05, 3.63) is 0 Å². The molecule has 44 heavy (non-hydrogen) atoms. The number of ketones is 1. The van der Waals surface area contributed by atoms with Crippen LogP contribution in [0.15, 0.2) is 0 Å². The average Bonchev–Trinajstić information content (AvgIpc) is 2.96. The number of esters is 4. The van der Waals surface area contributed by atoms with E-state index in [1.165, 1.54) is 33.1 Å². The molecule has 0 aliphatic heterocycles. The molecule has 0 aliphatic rings. The molecule has 0 aliphatic carbocycles. The Hall–Kier alpha value is -3.16. The van der Waals surface area contributed by atoms with Crippen LogP contribution in [-0.2, 0) is 52.5 Å².